The molecule has 0 fully saturated rings. The zero-order valence-electron chi connectivity index (χ0n) is 12.4. The van der Waals surface area contributed by atoms with Gasteiger partial charge >= 0.3 is 0 Å². The van der Waals surface area contributed by atoms with Gasteiger partial charge in [0.2, 0.25) is 10.5 Å². The van der Waals surface area contributed by atoms with Crippen molar-refractivity contribution < 1.29 is 9.16 Å². The molecule has 0 aromatic carbocycles. The van der Waals surface area contributed by atoms with Gasteiger partial charge in [0.15, 0.2) is 0 Å². The normalized spacial score (nSPS) is 12.8. The SMILES string of the molecule is CCCCCCCCCCCCCOC(C)O[Si]. The van der Waals surface area contributed by atoms with Crippen molar-refractivity contribution in [3.8, 4) is 0 Å². The molecule has 0 rings (SSSR count). The van der Waals surface area contributed by atoms with Crippen LogP contribution in [0.25, 0.3) is 0 Å². The van der Waals surface area contributed by atoms with E-state index in [0.29, 0.717) is 0 Å². The molecule has 18 heavy (non-hydrogen) atoms. The average Bonchev–Trinajstić information content (AvgIpc) is 2.39. The molecule has 0 aliphatic rings. The molecular weight excluding hydrogens is 240 g/mol. The van der Waals surface area contributed by atoms with Crippen molar-refractivity contribution in [1.29, 1.82) is 0 Å². The number of hydrogen-bond acceptors (Lipinski definition) is 2. The van der Waals surface area contributed by atoms with Crippen molar-refractivity contribution in [3.05, 3.63) is 0 Å². The van der Waals surface area contributed by atoms with Crippen LogP contribution in [0.4, 0.5) is 0 Å². The molecule has 1 unspecified atom stereocenters. The van der Waals surface area contributed by atoms with Gasteiger partial charge in [0.05, 0.1) is 0 Å². The first kappa shape index (κ1) is 18.1. The van der Waals surface area contributed by atoms with E-state index in [9.17, 15) is 0 Å². The average molecular weight is 271 g/mol. The maximum absolute atomic E-state index is 5.40. The summed E-state index contributed by atoms with van der Waals surface area (Å²) in [6.45, 7) is 4.97. The lowest BCUT2D eigenvalue weighted by Gasteiger charge is -2.10. The zero-order chi connectivity index (χ0) is 13.5. The minimum atomic E-state index is -0.134. The van der Waals surface area contributed by atoms with Gasteiger partial charge in [-0.05, 0) is 13.3 Å². The van der Waals surface area contributed by atoms with E-state index in [-0.39, 0.29) is 6.29 Å². The zero-order valence-corrected chi connectivity index (χ0v) is 13.4. The Labute approximate surface area is 117 Å². The molecule has 0 bridgehead atoms. The summed E-state index contributed by atoms with van der Waals surface area (Å²) in [6.07, 6.45) is 14.9. The highest BCUT2D eigenvalue weighted by atomic mass is 28.2. The summed E-state index contributed by atoms with van der Waals surface area (Å²) in [5.74, 6) is 0. The van der Waals surface area contributed by atoms with Crippen LogP contribution in [0.3, 0.4) is 0 Å². The molecule has 0 aromatic rings. The molecule has 0 aliphatic heterocycles. The van der Waals surface area contributed by atoms with Crippen LogP contribution >= 0.6 is 0 Å². The molecule has 0 heterocycles. The van der Waals surface area contributed by atoms with E-state index in [1.807, 2.05) is 6.92 Å². The third kappa shape index (κ3) is 14.2. The van der Waals surface area contributed by atoms with Crippen LogP contribution in [-0.4, -0.2) is 23.4 Å². The van der Waals surface area contributed by atoms with Crippen LogP contribution in [0.5, 0.6) is 0 Å². The Morgan fingerprint density at radius 2 is 1.22 bits per heavy atom. The van der Waals surface area contributed by atoms with Gasteiger partial charge < -0.3 is 9.16 Å². The Hall–Kier alpha value is 0.137. The molecule has 0 spiro atoms. The van der Waals surface area contributed by atoms with Crippen molar-refractivity contribution >= 4 is 10.5 Å². The highest BCUT2D eigenvalue weighted by Crippen LogP contribution is 2.11. The summed E-state index contributed by atoms with van der Waals surface area (Å²) >= 11 is 0. The van der Waals surface area contributed by atoms with E-state index in [1.165, 1.54) is 64.2 Å². The Kier molecular flexibility index (Phi) is 15.3. The fourth-order valence-corrected chi connectivity index (χ4v) is 2.12. The van der Waals surface area contributed by atoms with E-state index in [1.54, 1.807) is 0 Å². The summed E-state index contributed by atoms with van der Waals surface area (Å²) in [4.78, 5) is 0. The van der Waals surface area contributed by atoms with Crippen LogP contribution in [-0.2, 0) is 9.16 Å². The summed E-state index contributed by atoms with van der Waals surface area (Å²) in [6, 6.07) is 0. The summed E-state index contributed by atoms with van der Waals surface area (Å²) in [5.41, 5.74) is 0. The van der Waals surface area contributed by atoms with Crippen molar-refractivity contribution in [2.75, 3.05) is 6.61 Å². The molecular formula is C15H31O2Si. The smallest absolute Gasteiger partial charge is 0.249 e. The molecule has 3 radical (unpaired) electrons. The maximum Gasteiger partial charge on any atom is 0.249 e. The van der Waals surface area contributed by atoms with Gasteiger partial charge in [-0.25, -0.2) is 0 Å². The van der Waals surface area contributed by atoms with Crippen LogP contribution in [0.2, 0.25) is 0 Å². The highest BCUT2D eigenvalue weighted by molar-refractivity contribution is 5.98. The van der Waals surface area contributed by atoms with Gasteiger partial charge in [-0.3, -0.25) is 0 Å². The van der Waals surface area contributed by atoms with Crippen molar-refractivity contribution in [2.45, 2.75) is 90.8 Å². The van der Waals surface area contributed by atoms with E-state index in [4.69, 9.17) is 9.16 Å². The quantitative estimate of drug-likeness (QED) is 0.258. The second-order valence-electron chi connectivity index (χ2n) is 5.09. The fraction of sp³-hybridized carbons (Fsp3) is 1.00. The lowest BCUT2D eigenvalue weighted by molar-refractivity contribution is -0.0639. The van der Waals surface area contributed by atoms with Gasteiger partial charge in [0, 0.05) is 6.61 Å². The first-order valence-corrected chi connectivity index (χ1v) is 8.16. The molecule has 2 nitrogen and oxygen atoms in total. The number of hydrogen-bond donors (Lipinski definition) is 0. The lowest BCUT2D eigenvalue weighted by Crippen LogP contribution is -2.11. The van der Waals surface area contributed by atoms with Gasteiger partial charge in [0.25, 0.3) is 0 Å². The molecule has 107 valence electrons. The Morgan fingerprint density at radius 1 is 0.778 bits per heavy atom. The Balaban J connectivity index is 2.94. The van der Waals surface area contributed by atoms with Crippen molar-refractivity contribution in [3.63, 3.8) is 0 Å². The monoisotopic (exact) mass is 271 g/mol. The van der Waals surface area contributed by atoms with Crippen LogP contribution in [0.1, 0.15) is 84.5 Å². The number of unbranched alkanes of at least 4 members (excludes halogenated alkanes) is 10. The molecule has 0 aromatic heterocycles. The first-order chi connectivity index (χ1) is 8.81. The van der Waals surface area contributed by atoms with E-state index in [2.05, 4.69) is 17.4 Å². The van der Waals surface area contributed by atoms with Gasteiger partial charge in [-0.2, -0.15) is 0 Å². The van der Waals surface area contributed by atoms with E-state index in [0.717, 1.165) is 13.0 Å². The van der Waals surface area contributed by atoms with Gasteiger partial charge in [0.1, 0.15) is 6.29 Å². The minimum Gasteiger partial charge on any atom is -0.394 e. The standard InChI is InChI=1S/C15H31O2Si/c1-3-4-5-6-7-8-9-10-11-12-13-14-16-15(2)17-18/h15H,3-14H2,1-2H3. The molecule has 0 saturated heterocycles. The van der Waals surface area contributed by atoms with Crippen molar-refractivity contribution in [1.82, 2.24) is 0 Å². The Bertz CT molecular complexity index is 153. The molecule has 0 amide bonds. The van der Waals surface area contributed by atoms with Crippen molar-refractivity contribution in [2.24, 2.45) is 0 Å². The minimum absolute atomic E-state index is 0.134. The second kappa shape index (κ2) is 15.2. The number of ether oxygens (including phenoxy) is 1. The molecule has 1 atom stereocenters. The predicted molar refractivity (Wildman–Crippen MR) is 78.7 cm³/mol. The van der Waals surface area contributed by atoms with Crippen LogP contribution in [0, 0.1) is 0 Å². The van der Waals surface area contributed by atoms with E-state index < -0.39 is 0 Å². The first-order valence-electron chi connectivity index (χ1n) is 7.75. The lowest BCUT2D eigenvalue weighted by atomic mass is 10.1. The van der Waals surface area contributed by atoms with Crippen LogP contribution < -0.4 is 0 Å². The topological polar surface area (TPSA) is 18.5 Å². The summed E-state index contributed by atoms with van der Waals surface area (Å²) in [5, 5.41) is 0. The molecule has 0 saturated carbocycles. The highest BCUT2D eigenvalue weighted by Gasteiger charge is 1.97. The largest absolute Gasteiger partial charge is 0.394 e. The third-order valence-electron chi connectivity index (χ3n) is 3.27. The fourth-order valence-electron chi connectivity index (χ4n) is 2.05. The van der Waals surface area contributed by atoms with Crippen LogP contribution in [0.15, 0.2) is 0 Å². The van der Waals surface area contributed by atoms with Gasteiger partial charge in [-0.1, -0.05) is 71.1 Å². The summed E-state index contributed by atoms with van der Waals surface area (Å²) < 4.78 is 10.2. The van der Waals surface area contributed by atoms with E-state index >= 15 is 0 Å². The molecule has 0 N–H and O–H groups in total. The Morgan fingerprint density at radius 3 is 1.67 bits per heavy atom. The van der Waals surface area contributed by atoms with Gasteiger partial charge in [-0.15, -0.1) is 0 Å². The summed E-state index contributed by atoms with van der Waals surface area (Å²) in [7, 11) is 2.97. The predicted octanol–water partition coefficient (Wildman–Crippen LogP) is 4.76. The number of rotatable bonds is 14. The maximum atomic E-state index is 5.40. The third-order valence-corrected chi connectivity index (χ3v) is 3.60. The molecule has 3 heteroatoms. The second-order valence-corrected chi connectivity index (χ2v) is 5.33. The molecule has 0 aliphatic carbocycles.